The van der Waals surface area contributed by atoms with Crippen LogP contribution in [0.15, 0.2) is 24.3 Å². The predicted octanol–water partition coefficient (Wildman–Crippen LogP) is 2.22. The van der Waals surface area contributed by atoms with Gasteiger partial charge in [-0.05, 0) is 24.1 Å². The topological polar surface area (TPSA) is 38.3 Å². The lowest BCUT2D eigenvalue weighted by Gasteiger charge is -2.06. The molecule has 0 atom stereocenters. The van der Waals surface area contributed by atoms with E-state index in [2.05, 4.69) is 12.2 Å². The van der Waals surface area contributed by atoms with Crippen molar-refractivity contribution in [1.29, 1.82) is 0 Å². The van der Waals surface area contributed by atoms with Gasteiger partial charge in [0.15, 0.2) is 0 Å². The first-order valence-corrected chi connectivity index (χ1v) is 5.14. The number of rotatable bonds is 5. The predicted molar refractivity (Wildman–Crippen MR) is 60.9 cm³/mol. The van der Waals surface area contributed by atoms with Crippen LogP contribution in [0.25, 0.3) is 0 Å². The SMILES string of the molecule is CCc1cccc(NC(=O)CCOC)c1. The lowest BCUT2D eigenvalue weighted by atomic mass is 10.1. The van der Waals surface area contributed by atoms with Crippen LogP contribution in [0.2, 0.25) is 0 Å². The van der Waals surface area contributed by atoms with Crippen LogP contribution in [0.4, 0.5) is 5.69 Å². The van der Waals surface area contributed by atoms with Crippen molar-refractivity contribution < 1.29 is 9.53 Å². The highest BCUT2D eigenvalue weighted by atomic mass is 16.5. The van der Waals surface area contributed by atoms with Crippen LogP contribution >= 0.6 is 0 Å². The van der Waals surface area contributed by atoms with E-state index in [0.717, 1.165) is 12.1 Å². The Morgan fingerprint density at radius 1 is 1.47 bits per heavy atom. The summed E-state index contributed by atoms with van der Waals surface area (Å²) in [4.78, 5) is 11.4. The maximum atomic E-state index is 11.4. The van der Waals surface area contributed by atoms with Gasteiger partial charge >= 0.3 is 0 Å². The van der Waals surface area contributed by atoms with E-state index in [4.69, 9.17) is 4.74 Å². The van der Waals surface area contributed by atoms with E-state index in [1.807, 2.05) is 24.3 Å². The number of methoxy groups -OCH3 is 1. The van der Waals surface area contributed by atoms with Gasteiger partial charge in [0.05, 0.1) is 13.0 Å². The molecule has 0 fully saturated rings. The number of benzene rings is 1. The van der Waals surface area contributed by atoms with Crippen molar-refractivity contribution in [2.45, 2.75) is 19.8 Å². The van der Waals surface area contributed by atoms with Crippen LogP contribution in [0.1, 0.15) is 18.9 Å². The van der Waals surface area contributed by atoms with Crippen molar-refractivity contribution in [3.8, 4) is 0 Å². The van der Waals surface area contributed by atoms with Gasteiger partial charge in [-0.25, -0.2) is 0 Å². The van der Waals surface area contributed by atoms with Gasteiger partial charge in [0.25, 0.3) is 0 Å². The quantitative estimate of drug-likeness (QED) is 0.804. The summed E-state index contributed by atoms with van der Waals surface area (Å²) in [5.74, 6) is -0.00916. The summed E-state index contributed by atoms with van der Waals surface area (Å²) in [7, 11) is 1.59. The Kier molecular flexibility index (Phi) is 4.84. The Bertz CT molecular complexity index is 323. The number of nitrogens with one attached hydrogen (secondary N) is 1. The molecule has 1 rings (SSSR count). The largest absolute Gasteiger partial charge is 0.384 e. The van der Waals surface area contributed by atoms with E-state index < -0.39 is 0 Å². The molecule has 1 N–H and O–H groups in total. The molecule has 15 heavy (non-hydrogen) atoms. The minimum atomic E-state index is -0.00916. The Hall–Kier alpha value is -1.35. The van der Waals surface area contributed by atoms with Crippen LogP contribution in [0, 0.1) is 0 Å². The number of carbonyl (C=O) groups excluding carboxylic acids is 1. The first kappa shape index (κ1) is 11.7. The van der Waals surface area contributed by atoms with E-state index in [1.165, 1.54) is 5.56 Å². The fourth-order valence-corrected chi connectivity index (χ4v) is 1.29. The number of aryl methyl sites for hydroxylation is 1. The maximum absolute atomic E-state index is 11.4. The van der Waals surface area contributed by atoms with Crippen LogP contribution in [-0.4, -0.2) is 19.6 Å². The highest BCUT2D eigenvalue weighted by Gasteiger charge is 2.01. The Morgan fingerprint density at radius 3 is 2.93 bits per heavy atom. The number of ether oxygens (including phenoxy) is 1. The lowest BCUT2D eigenvalue weighted by Crippen LogP contribution is -2.13. The summed E-state index contributed by atoms with van der Waals surface area (Å²) in [6.45, 7) is 2.55. The molecule has 0 aliphatic heterocycles. The molecule has 0 unspecified atom stereocenters. The Balaban J connectivity index is 2.52. The zero-order chi connectivity index (χ0) is 11.1. The molecule has 0 aromatic heterocycles. The molecule has 82 valence electrons. The van der Waals surface area contributed by atoms with E-state index in [-0.39, 0.29) is 5.91 Å². The molecule has 0 spiro atoms. The minimum absolute atomic E-state index is 0.00916. The first-order chi connectivity index (χ1) is 7.26. The second kappa shape index (κ2) is 6.19. The standard InChI is InChI=1S/C12H17NO2/c1-3-10-5-4-6-11(9-10)13-12(14)7-8-15-2/h4-6,9H,3,7-8H2,1-2H3,(H,13,14). The van der Waals surface area contributed by atoms with Gasteiger partial charge in [-0.2, -0.15) is 0 Å². The zero-order valence-electron chi connectivity index (χ0n) is 9.25. The normalized spacial score (nSPS) is 10.0. The average Bonchev–Trinajstić information content (AvgIpc) is 2.26. The van der Waals surface area contributed by atoms with E-state index in [1.54, 1.807) is 7.11 Å². The van der Waals surface area contributed by atoms with Crippen molar-refractivity contribution in [2.24, 2.45) is 0 Å². The minimum Gasteiger partial charge on any atom is -0.384 e. The molecule has 0 bridgehead atoms. The summed E-state index contributed by atoms with van der Waals surface area (Å²) < 4.78 is 4.83. The van der Waals surface area contributed by atoms with E-state index in [9.17, 15) is 4.79 Å². The molecule has 1 amide bonds. The molecular weight excluding hydrogens is 190 g/mol. The number of hydrogen-bond acceptors (Lipinski definition) is 2. The smallest absolute Gasteiger partial charge is 0.226 e. The fourth-order valence-electron chi connectivity index (χ4n) is 1.29. The summed E-state index contributed by atoms with van der Waals surface area (Å²) in [5.41, 5.74) is 2.08. The zero-order valence-corrected chi connectivity index (χ0v) is 9.25. The third-order valence-electron chi connectivity index (χ3n) is 2.15. The van der Waals surface area contributed by atoms with E-state index in [0.29, 0.717) is 13.0 Å². The number of hydrogen-bond donors (Lipinski definition) is 1. The summed E-state index contributed by atoms with van der Waals surface area (Å²) >= 11 is 0. The van der Waals surface area contributed by atoms with Gasteiger partial charge in [-0.15, -0.1) is 0 Å². The van der Waals surface area contributed by atoms with Gasteiger partial charge in [-0.1, -0.05) is 19.1 Å². The second-order valence-electron chi connectivity index (χ2n) is 3.34. The molecule has 0 aliphatic rings. The summed E-state index contributed by atoms with van der Waals surface area (Å²) in [6.07, 6.45) is 1.37. The summed E-state index contributed by atoms with van der Waals surface area (Å²) in [6, 6.07) is 7.88. The van der Waals surface area contributed by atoms with Crippen molar-refractivity contribution >= 4 is 11.6 Å². The van der Waals surface area contributed by atoms with Crippen molar-refractivity contribution in [3.05, 3.63) is 29.8 Å². The molecule has 0 saturated carbocycles. The maximum Gasteiger partial charge on any atom is 0.226 e. The first-order valence-electron chi connectivity index (χ1n) is 5.14. The second-order valence-corrected chi connectivity index (χ2v) is 3.34. The number of anilines is 1. The Morgan fingerprint density at radius 2 is 2.27 bits per heavy atom. The average molecular weight is 207 g/mol. The number of carbonyl (C=O) groups is 1. The molecular formula is C12H17NO2. The third kappa shape index (κ3) is 4.13. The fraction of sp³-hybridized carbons (Fsp3) is 0.417. The third-order valence-corrected chi connectivity index (χ3v) is 2.15. The van der Waals surface area contributed by atoms with Gasteiger partial charge in [-0.3, -0.25) is 4.79 Å². The van der Waals surface area contributed by atoms with Crippen molar-refractivity contribution in [2.75, 3.05) is 19.0 Å². The van der Waals surface area contributed by atoms with Crippen LogP contribution in [0.3, 0.4) is 0 Å². The van der Waals surface area contributed by atoms with Crippen LogP contribution in [0.5, 0.6) is 0 Å². The van der Waals surface area contributed by atoms with E-state index >= 15 is 0 Å². The molecule has 0 heterocycles. The van der Waals surface area contributed by atoms with Gasteiger partial charge in [0.2, 0.25) is 5.91 Å². The molecule has 1 aromatic carbocycles. The van der Waals surface area contributed by atoms with Crippen LogP contribution < -0.4 is 5.32 Å². The highest BCUT2D eigenvalue weighted by molar-refractivity contribution is 5.90. The molecule has 3 nitrogen and oxygen atoms in total. The molecule has 1 aromatic rings. The monoisotopic (exact) mass is 207 g/mol. The molecule has 0 radical (unpaired) electrons. The Labute approximate surface area is 90.4 Å². The number of amides is 1. The molecule has 0 aliphatic carbocycles. The highest BCUT2D eigenvalue weighted by Crippen LogP contribution is 2.11. The van der Waals surface area contributed by atoms with Gasteiger partial charge in [0.1, 0.15) is 0 Å². The molecule has 0 saturated heterocycles. The van der Waals surface area contributed by atoms with Crippen molar-refractivity contribution in [3.63, 3.8) is 0 Å². The van der Waals surface area contributed by atoms with Gasteiger partial charge < -0.3 is 10.1 Å². The summed E-state index contributed by atoms with van der Waals surface area (Å²) in [5, 5.41) is 2.83. The molecule has 3 heteroatoms. The lowest BCUT2D eigenvalue weighted by molar-refractivity contribution is -0.117. The van der Waals surface area contributed by atoms with Crippen molar-refractivity contribution in [1.82, 2.24) is 0 Å². The van der Waals surface area contributed by atoms with Crippen LogP contribution in [-0.2, 0) is 16.0 Å². The van der Waals surface area contributed by atoms with Gasteiger partial charge in [0, 0.05) is 12.8 Å².